The van der Waals surface area contributed by atoms with Crippen LogP contribution < -0.4 is 5.73 Å². The van der Waals surface area contributed by atoms with Gasteiger partial charge in [0.25, 0.3) is 5.91 Å². The first-order valence-electron chi connectivity index (χ1n) is 6.49. The topological polar surface area (TPSA) is 46.3 Å². The minimum absolute atomic E-state index is 0.193. The molecule has 0 heterocycles. The lowest BCUT2D eigenvalue weighted by Crippen LogP contribution is -2.30. The van der Waals surface area contributed by atoms with E-state index < -0.39 is 0 Å². The van der Waals surface area contributed by atoms with Crippen molar-refractivity contribution in [2.75, 3.05) is 12.8 Å². The van der Waals surface area contributed by atoms with Crippen molar-refractivity contribution in [3.05, 3.63) is 63.6 Å². The summed E-state index contributed by atoms with van der Waals surface area (Å²) in [4.78, 5) is 14.2. The van der Waals surface area contributed by atoms with Crippen LogP contribution in [0.15, 0.2) is 42.5 Å². The fraction of sp³-hybridized carbons (Fsp3) is 0.188. The van der Waals surface area contributed by atoms with E-state index in [2.05, 4.69) is 0 Å². The first kappa shape index (κ1) is 15.7. The number of carbonyl (C=O) groups excluding carboxylic acids is 1. The van der Waals surface area contributed by atoms with Crippen molar-refractivity contribution in [1.29, 1.82) is 0 Å². The second-order valence-corrected chi connectivity index (χ2v) is 5.63. The molecule has 2 aromatic carbocycles. The third-order valence-corrected chi connectivity index (χ3v) is 4.18. The first-order valence-corrected chi connectivity index (χ1v) is 7.24. The number of nitrogens with zero attached hydrogens (tertiary/aromatic N) is 1. The van der Waals surface area contributed by atoms with Gasteiger partial charge in [0.2, 0.25) is 0 Å². The van der Waals surface area contributed by atoms with E-state index in [4.69, 9.17) is 28.9 Å². The van der Waals surface area contributed by atoms with Gasteiger partial charge in [0.05, 0.1) is 16.6 Å². The number of benzene rings is 2. The van der Waals surface area contributed by atoms with E-state index in [1.54, 1.807) is 36.2 Å². The summed E-state index contributed by atoms with van der Waals surface area (Å²) in [5.74, 6) is -0.231. The van der Waals surface area contributed by atoms with Crippen molar-refractivity contribution in [3.63, 3.8) is 0 Å². The Labute approximate surface area is 134 Å². The van der Waals surface area contributed by atoms with Gasteiger partial charge >= 0.3 is 0 Å². The Balaban J connectivity index is 2.34. The quantitative estimate of drug-likeness (QED) is 0.851. The summed E-state index contributed by atoms with van der Waals surface area (Å²) in [5.41, 5.74) is 7.43. The second-order valence-electron chi connectivity index (χ2n) is 4.82. The van der Waals surface area contributed by atoms with Crippen molar-refractivity contribution in [2.45, 2.75) is 13.0 Å². The van der Waals surface area contributed by atoms with Crippen LogP contribution in [-0.4, -0.2) is 17.9 Å². The van der Waals surface area contributed by atoms with Crippen LogP contribution in [0.1, 0.15) is 28.9 Å². The standard InChI is InChI=1S/C16H16Cl2N2O/c1-10(11-6-3-4-7-12(11)17)20(2)16(21)15-13(18)8-5-9-14(15)19/h3-10H,19H2,1-2H3. The first-order chi connectivity index (χ1) is 9.93. The average Bonchev–Trinajstić information content (AvgIpc) is 2.46. The monoisotopic (exact) mass is 322 g/mol. The van der Waals surface area contributed by atoms with Gasteiger partial charge in [0, 0.05) is 17.8 Å². The molecule has 0 radical (unpaired) electrons. The Bertz CT molecular complexity index is 653. The van der Waals surface area contributed by atoms with Gasteiger partial charge in [-0.2, -0.15) is 0 Å². The third-order valence-electron chi connectivity index (χ3n) is 3.52. The number of carbonyl (C=O) groups is 1. The molecule has 0 aliphatic carbocycles. The van der Waals surface area contributed by atoms with Gasteiger partial charge in [-0.05, 0) is 30.7 Å². The molecule has 2 aromatic rings. The van der Waals surface area contributed by atoms with E-state index in [1.807, 2.05) is 25.1 Å². The lowest BCUT2D eigenvalue weighted by molar-refractivity contribution is 0.0744. The van der Waals surface area contributed by atoms with Crippen LogP contribution in [0.3, 0.4) is 0 Å². The summed E-state index contributed by atoms with van der Waals surface area (Å²) >= 11 is 12.3. The lowest BCUT2D eigenvalue weighted by atomic mass is 10.1. The number of nitrogen functional groups attached to an aromatic ring is 1. The van der Waals surface area contributed by atoms with E-state index >= 15 is 0 Å². The molecule has 0 bridgehead atoms. The molecule has 0 fully saturated rings. The van der Waals surface area contributed by atoms with Gasteiger partial charge in [0.1, 0.15) is 0 Å². The van der Waals surface area contributed by atoms with Gasteiger partial charge in [-0.25, -0.2) is 0 Å². The molecule has 2 rings (SSSR count). The fourth-order valence-corrected chi connectivity index (χ4v) is 2.70. The van der Waals surface area contributed by atoms with Crippen LogP contribution in [0.2, 0.25) is 10.0 Å². The molecule has 1 unspecified atom stereocenters. The normalized spacial score (nSPS) is 12.0. The highest BCUT2D eigenvalue weighted by Crippen LogP contribution is 2.30. The molecule has 1 amide bonds. The van der Waals surface area contributed by atoms with Gasteiger partial charge < -0.3 is 10.6 Å². The number of anilines is 1. The molecule has 0 aliphatic heterocycles. The van der Waals surface area contributed by atoms with Crippen LogP contribution >= 0.6 is 23.2 Å². The second kappa shape index (κ2) is 6.37. The maximum absolute atomic E-state index is 12.6. The predicted molar refractivity (Wildman–Crippen MR) is 87.8 cm³/mol. The minimum Gasteiger partial charge on any atom is -0.398 e. The summed E-state index contributed by atoms with van der Waals surface area (Å²) in [6.45, 7) is 1.91. The van der Waals surface area contributed by atoms with Crippen LogP contribution in [0.4, 0.5) is 5.69 Å². The molecule has 0 aromatic heterocycles. The number of nitrogens with two attached hydrogens (primary N) is 1. The van der Waals surface area contributed by atoms with Crippen LogP contribution in [-0.2, 0) is 0 Å². The van der Waals surface area contributed by atoms with Crippen molar-refractivity contribution >= 4 is 34.8 Å². The van der Waals surface area contributed by atoms with Crippen LogP contribution in [0, 0.1) is 0 Å². The lowest BCUT2D eigenvalue weighted by Gasteiger charge is -2.27. The Morgan fingerprint density at radius 2 is 1.71 bits per heavy atom. The largest absolute Gasteiger partial charge is 0.398 e. The highest BCUT2D eigenvalue weighted by atomic mass is 35.5. The predicted octanol–water partition coefficient (Wildman–Crippen LogP) is 4.41. The SMILES string of the molecule is CC(c1ccccc1Cl)N(C)C(=O)c1c(N)cccc1Cl. The fourth-order valence-electron chi connectivity index (χ4n) is 2.14. The average molecular weight is 323 g/mol. The molecule has 0 saturated heterocycles. The van der Waals surface area contributed by atoms with Gasteiger partial charge in [0.15, 0.2) is 0 Å². The minimum atomic E-state index is -0.231. The molecule has 0 saturated carbocycles. The third kappa shape index (κ3) is 3.14. The van der Waals surface area contributed by atoms with E-state index in [9.17, 15) is 4.79 Å². The maximum Gasteiger partial charge on any atom is 0.257 e. The van der Waals surface area contributed by atoms with E-state index in [0.29, 0.717) is 21.3 Å². The zero-order valence-corrected chi connectivity index (χ0v) is 13.3. The Morgan fingerprint density at radius 1 is 1.10 bits per heavy atom. The molecular formula is C16H16Cl2N2O. The molecule has 1 atom stereocenters. The van der Waals surface area contributed by atoms with Crippen molar-refractivity contribution in [1.82, 2.24) is 4.90 Å². The summed E-state index contributed by atoms with van der Waals surface area (Å²) in [5, 5.41) is 0.968. The summed E-state index contributed by atoms with van der Waals surface area (Å²) in [7, 11) is 1.71. The smallest absolute Gasteiger partial charge is 0.257 e. The molecule has 0 spiro atoms. The number of hydrogen-bond acceptors (Lipinski definition) is 2. The highest BCUT2D eigenvalue weighted by molar-refractivity contribution is 6.34. The zero-order valence-electron chi connectivity index (χ0n) is 11.8. The zero-order chi connectivity index (χ0) is 15.6. The number of hydrogen-bond donors (Lipinski definition) is 1. The number of amides is 1. The molecule has 21 heavy (non-hydrogen) atoms. The molecule has 3 nitrogen and oxygen atoms in total. The Morgan fingerprint density at radius 3 is 2.33 bits per heavy atom. The number of rotatable bonds is 3. The van der Waals surface area contributed by atoms with Gasteiger partial charge in [-0.3, -0.25) is 4.79 Å². The van der Waals surface area contributed by atoms with Crippen molar-refractivity contribution in [2.24, 2.45) is 0 Å². The van der Waals surface area contributed by atoms with E-state index in [1.165, 1.54) is 0 Å². The van der Waals surface area contributed by atoms with Crippen LogP contribution in [0.25, 0.3) is 0 Å². The Hall–Kier alpha value is -1.71. The molecule has 110 valence electrons. The Kier molecular flexibility index (Phi) is 4.76. The molecular weight excluding hydrogens is 307 g/mol. The summed E-state index contributed by atoms with van der Waals surface area (Å²) in [6.07, 6.45) is 0. The van der Waals surface area contributed by atoms with Crippen molar-refractivity contribution < 1.29 is 4.79 Å². The highest BCUT2D eigenvalue weighted by Gasteiger charge is 2.23. The molecule has 2 N–H and O–H groups in total. The van der Waals surface area contributed by atoms with E-state index in [-0.39, 0.29) is 11.9 Å². The van der Waals surface area contributed by atoms with Crippen molar-refractivity contribution in [3.8, 4) is 0 Å². The summed E-state index contributed by atoms with van der Waals surface area (Å²) in [6, 6.07) is 12.3. The van der Waals surface area contributed by atoms with Crippen LogP contribution in [0.5, 0.6) is 0 Å². The van der Waals surface area contributed by atoms with E-state index in [0.717, 1.165) is 5.56 Å². The molecule has 0 aliphatic rings. The maximum atomic E-state index is 12.6. The van der Waals surface area contributed by atoms with Gasteiger partial charge in [-0.1, -0.05) is 47.5 Å². The number of halogens is 2. The van der Waals surface area contributed by atoms with Gasteiger partial charge in [-0.15, -0.1) is 0 Å². The summed E-state index contributed by atoms with van der Waals surface area (Å²) < 4.78 is 0. The molecule has 5 heteroatoms.